The molecule has 0 fully saturated rings. The van der Waals surface area contributed by atoms with Gasteiger partial charge in [-0.25, -0.2) is 0 Å². The van der Waals surface area contributed by atoms with E-state index in [9.17, 15) is 9.59 Å². The van der Waals surface area contributed by atoms with Crippen LogP contribution in [0.15, 0.2) is 30.3 Å². The van der Waals surface area contributed by atoms with Crippen LogP contribution in [0.5, 0.6) is 0 Å². The first-order chi connectivity index (χ1) is 11.7. The summed E-state index contributed by atoms with van der Waals surface area (Å²) in [5.74, 6) is -0.151. The summed E-state index contributed by atoms with van der Waals surface area (Å²) in [6, 6.07) is 9.53. The highest BCUT2D eigenvalue weighted by molar-refractivity contribution is 5.72. The smallest absolute Gasteiger partial charge is 0.310 e. The summed E-state index contributed by atoms with van der Waals surface area (Å²) in [6.45, 7) is 4.93. The largest absolute Gasteiger partial charge is 0.461 e. The van der Waals surface area contributed by atoms with Gasteiger partial charge >= 0.3 is 11.9 Å². The summed E-state index contributed by atoms with van der Waals surface area (Å²) in [5.41, 5.74) is 0.938. The Kier molecular flexibility index (Phi) is 8.62. The number of benzene rings is 1. The second-order valence-corrected chi connectivity index (χ2v) is 7.87. The van der Waals surface area contributed by atoms with Crippen LogP contribution in [-0.4, -0.2) is 50.2 Å². The van der Waals surface area contributed by atoms with Crippen molar-refractivity contribution in [2.45, 2.75) is 45.8 Å². The summed E-state index contributed by atoms with van der Waals surface area (Å²) in [7, 11) is 6.01. The van der Waals surface area contributed by atoms with Gasteiger partial charge in [0.25, 0.3) is 0 Å². The average molecular weight is 350 g/mol. The van der Waals surface area contributed by atoms with Crippen molar-refractivity contribution in [2.75, 3.05) is 27.7 Å². The first-order valence-corrected chi connectivity index (χ1v) is 8.85. The van der Waals surface area contributed by atoms with Crippen molar-refractivity contribution in [3.63, 3.8) is 0 Å². The lowest BCUT2D eigenvalue weighted by Crippen LogP contribution is -2.44. The number of likely N-dealkylation sites (N-methyl/N-ethyl adjacent to an activating group) is 1. The molecular weight excluding hydrogens is 318 g/mol. The fourth-order valence-corrected chi connectivity index (χ4v) is 2.39. The fourth-order valence-electron chi connectivity index (χ4n) is 2.39. The highest BCUT2D eigenvalue weighted by Gasteiger charge is 2.25. The van der Waals surface area contributed by atoms with Gasteiger partial charge in [-0.3, -0.25) is 9.59 Å². The number of carbonyl (C=O) groups is 2. The molecule has 0 spiro atoms. The highest BCUT2D eigenvalue weighted by Crippen LogP contribution is 2.11. The molecule has 0 bridgehead atoms. The van der Waals surface area contributed by atoms with Gasteiger partial charge in [0, 0.05) is 6.42 Å². The van der Waals surface area contributed by atoms with E-state index in [1.165, 1.54) is 0 Å². The van der Waals surface area contributed by atoms with Crippen LogP contribution < -0.4 is 0 Å². The Balaban J connectivity index is 2.53. The van der Waals surface area contributed by atoms with Gasteiger partial charge in [0.2, 0.25) is 0 Å². The predicted molar refractivity (Wildman–Crippen MR) is 97.7 cm³/mol. The van der Waals surface area contributed by atoms with Crippen LogP contribution in [0, 0.1) is 5.92 Å². The molecule has 0 radical (unpaired) electrons. The van der Waals surface area contributed by atoms with Crippen molar-refractivity contribution in [1.82, 2.24) is 0 Å². The number of rotatable bonds is 10. The average Bonchev–Trinajstić information content (AvgIpc) is 2.50. The lowest BCUT2D eigenvalue weighted by atomic mass is 10.1. The van der Waals surface area contributed by atoms with Gasteiger partial charge < -0.3 is 14.0 Å². The van der Waals surface area contributed by atoms with Crippen LogP contribution in [-0.2, 0) is 25.7 Å². The molecule has 0 aliphatic rings. The topological polar surface area (TPSA) is 52.6 Å². The van der Waals surface area contributed by atoms with Crippen molar-refractivity contribution >= 4 is 11.9 Å². The van der Waals surface area contributed by atoms with Crippen LogP contribution in [0.25, 0.3) is 0 Å². The fraction of sp³-hybridized carbons (Fsp3) is 0.600. The van der Waals surface area contributed by atoms with E-state index in [-0.39, 0.29) is 25.0 Å². The summed E-state index contributed by atoms with van der Waals surface area (Å²) in [5, 5.41) is 0. The van der Waals surface area contributed by atoms with E-state index in [0.29, 0.717) is 23.4 Å². The van der Waals surface area contributed by atoms with E-state index >= 15 is 0 Å². The Morgan fingerprint density at radius 3 is 2.24 bits per heavy atom. The molecule has 1 atom stereocenters. The number of quaternary nitrogens is 1. The third kappa shape index (κ3) is 10.6. The van der Waals surface area contributed by atoms with Crippen molar-refractivity contribution in [3.05, 3.63) is 35.9 Å². The first kappa shape index (κ1) is 21.2. The molecule has 0 aliphatic carbocycles. The summed E-state index contributed by atoms with van der Waals surface area (Å²) in [6.07, 6.45) is 0.775. The molecule has 1 rings (SSSR count). The minimum atomic E-state index is -0.470. The van der Waals surface area contributed by atoms with Crippen molar-refractivity contribution in [2.24, 2.45) is 5.92 Å². The summed E-state index contributed by atoms with van der Waals surface area (Å²) in [4.78, 5) is 24.2. The first-order valence-electron chi connectivity index (χ1n) is 8.85. The number of ether oxygens (including phenoxy) is 2. The SMILES string of the molecule is CC(C)CCC(=O)O[C@H](CC(=O)OCc1ccccc1)C[N+](C)(C)C. The predicted octanol–water partition coefficient (Wildman–Crippen LogP) is 3.17. The molecule has 25 heavy (non-hydrogen) atoms. The summed E-state index contributed by atoms with van der Waals surface area (Å²) < 4.78 is 11.5. The minimum absolute atomic E-state index is 0.0791. The van der Waals surface area contributed by atoms with Crippen molar-refractivity contribution in [1.29, 1.82) is 0 Å². The Morgan fingerprint density at radius 2 is 1.68 bits per heavy atom. The monoisotopic (exact) mass is 350 g/mol. The van der Waals surface area contributed by atoms with Gasteiger partial charge in [0.1, 0.15) is 13.2 Å². The summed E-state index contributed by atoms with van der Waals surface area (Å²) >= 11 is 0. The third-order valence-corrected chi connectivity index (χ3v) is 3.61. The Hall–Kier alpha value is -1.88. The molecule has 5 nitrogen and oxygen atoms in total. The van der Waals surface area contributed by atoms with Crippen molar-refractivity contribution in [3.8, 4) is 0 Å². The highest BCUT2D eigenvalue weighted by atomic mass is 16.6. The lowest BCUT2D eigenvalue weighted by Gasteiger charge is -2.28. The molecule has 140 valence electrons. The van der Waals surface area contributed by atoms with Crippen LogP contribution >= 0.6 is 0 Å². The zero-order chi connectivity index (χ0) is 18.9. The molecule has 0 aromatic heterocycles. The maximum absolute atomic E-state index is 12.1. The normalized spacial score (nSPS) is 12.7. The second kappa shape index (κ2) is 10.2. The van der Waals surface area contributed by atoms with Crippen LogP contribution in [0.3, 0.4) is 0 Å². The molecule has 1 aromatic rings. The van der Waals surface area contributed by atoms with Crippen LogP contribution in [0.2, 0.25) is 0 Å². The van der Waals surface area contributed by atoms with Gasteiger partial charge in [-0.15, -0.1) is 0 Å². The van der Waals surface area contributed by atoms with E-state index in [1.54, 1.807) is 0 Å². The van der Waals surface area contributed by atoms with Crippen molar-refractivity contribution < 1.29 is 23.5 Å². The molecule has 0 aliphatic heterocycles. The van der Waals surface area contributed by atoms with Gasteiger partial charge in [-0.05, 0) is 17.9 Å². The van der Waals surface area contributed by atoms with E-state index < -0.39 is 6.10 Å². The molecule has 0 amide bonds. The Morgan fingerprint density at radius 1 is 1.04 bits per heavy atom. The van der Waals surface area contributed by atoms with E-state index in [2.05, 4.69) is 13.8 Å². The lowest BCUT2D eigenvalue weighted by molar-refractivity contribution is -0.873. The Bertz CT molecular complexity index is 534. The third-order valence-electron chi connectivity index (χ3n) is 3.61. The number of carbonyl (C=O) groups excluding carboxylic acids is 2. The van der Waals surface area contributed by atoms with Crippen LogP contribution in [0.1, 0.15) is 38.7 Å². The number of hydrogen-bond donors (Lipinski definition) is 0. The minimum Gasteiger partial charge on any atom is -0.461 e. The number of nitrogens with zero attached hydrogens (tertiary/aromatic N) is 1. The van der Waals surface area contributed by atoms with Crippen LogP contribution in [0.4, 0.5) is 0 Å². The second-order valence-electron chi connectivity index (χ2n) is 7.87. The molecule has 0 saturated heterocycles. The van der Waals surface area contributed by atoms with Gasteiger partial charge in [0.15, 0.2) is 6.10 Å². The standard InChI is InChI=1S/C20H32NO4/c1-16(2)11-12-19(22)25-18(14-21(3,4)5)13-20(23)24-15-17-9-7-6-8-10-17/h6-10,16,18H,11-15H2,1-5H3/q+1/t18-/m1/s1. The maximum Gasteiger partial charge on any atom is 0.310 e. The van der Waals surface area contributed by atoms with E-state index in [4.69, 9.17) is 9.47 Å². The maximum atomic E-state index is 12.1. The number of esters is 2. The molecule has 0 N–H and O–H groups in total. The van der Waals surface area contributed by atoms with E-state index in [1.807, 2.05) is 51.5 Å². The molecular formula is C20H32NO4+. The molecule has 1 aromatic carbocycles. The Labute approximate surface area is 151 Å². The number of hydrogen-bond acceptors (Lipinski definition) is 4. The molecule has 0 heterocycles. The quantitative estimate of drug-likeness (QED) is 0.480. The molecule has 0 saturated carbocycles. The zero-order valence-electron chi connectivity index (χ0n) is 16.2. The van der Waals surface area contributed by atoms with Gasteiger partial charge in [-0.2, -0.15) is 0 Å². The van der Waals surface area contributed by atoms with Gasteiger partial charge in [0.05, 0.1) is 27.6 Å². The zero-order valence-corrected chi connectivity index (χ0v) is 16.2. The molecule has 5 heteroatoms. The van der Waals surface area contributed by atoms with Gasteiger partial charge in [-0.1, -0.05) is 44.2 Å². The van der Waals surface area contributed by atoms with E-state index in [0.717, 1.165) is 12.0 Å². The molecule has 0 unspecified atom stereocenters.